The molecule has 2 heterocycles. The lowest BCUT2D eigenvalue weighted by Gasteiger charge is -2.40. The molecule has 1 atom stereocenters. The maximum atomic E-state index is 13.2. The van der Waals surface area contributed by atoms with Crippen LogP contribution in [0.2, 0.25) is 0 Å². The molecule has 0 saturated carbocycles. The first kappa shape index (κ1) is 17.7. The van der Waals surface area contributed by atoms with Crippen molar-refractivity contribution in [3.63, 3.8) is 0 Å². The third-order valence-corrected chi connectivity index (χ3v) is 5.31. The van der Waals surface area contributed by atoms with Gasteiger partial charge in [0, 0.05) is 51.1 Å². The van der Waals surface area contributed by atoms with E-state index in [0.717, 1.165) is 37.2 Å². The van der Waals surface area contributed by atoms with Gasteiger partial charge in [-0.25, -0.2) is 0 Å². The number of hydrogen-bond donors (Lipinski definition) is 1. The Morgan fingerprint density at radius 1 is 1.16 bits per heavy atom. The smallest absolute Gasteiger partial charge is 0.226 e. The summed E-state index contributed by atoms with van der Waals surface area (Å²) in [6.45, 7) is 5.20. The van der Waals surface area contributed by atoms with Crippen LogP contribution in [0.25, 0.3) is 0 Å². The van der Waals surface area contributed by atoms with Crippen LogP contribution >= 0.6 is 0 Å². The first-order valence-electron chi connectivity index (χ1n) is 9.01. The highest BCUT2D eigenvalue weighted by Gasteiger charge is 2.35. The van der Waals surface area contributed by atoms with Crippen LogP contribution < -0.4 is 10.1 Å². The van der Waals surface area contributed by atoms with Gasteiger partial charge in [0.1, 0.15) is 5.75 Å². The van der Waals surface area contributed by atoms with E-state index in [0.29, 0.717) is 19.6 Å². The van der Waals surface area contributed by atoms with Crippen molar-refractivity contribution in [2.24, 2.45) is 5.92 Å². The van der Waals surface area contributed by atoms with E-state index in [1.807, 2.05) is 34.1 Å². The summed E-state index contributed by atoms with van der Waals surface area (Å²) in [4.78, 5) is 28.5. The monoisotopic (exact) mass is 345 g/mol. The number of para-hydroxylation sites is 1. The van der Waals surface area contributed by atoms with Crippen LogP contribution in [0.5, 0.6) is 5.75 Å². The predicted octanol–water partition coefficient (Wildman–Crippen LogP) is 1.43. The highest BCUT2D eigenvalue weighted by Crippen LogP contribution is 2.32. The second-order valence-corrected chi connectivity index (χ2v) is 6.77. The average Bonchev–Trinajstić information content (AvgIpc) is 2.67. The number of nitrogens with zero attached hydrogens (tertiary/aromatic N) is 2. The van der Waals surface area contributed by atoms with Gasteiger partial charge in [-0.05, 0) is 18.9 Å². The molecule has 2 amide bonds. The normalized spacial score (nSPS) is 21.9. The quantitative estimate of drug-likeness (QED) is 0.900. The van der Waals surface area contributed by atoms with Gasteiger partial charge in [0.05, 0.1) is 13.2 Å². The van der Waals surface area contributed by atoms with Gasteiger partial charge in [0.15, 0.2) is 0 Å². The molecule has 1 aromatic carbocycles. The van der Waals surface area contributed by atoms with Gasteiger partial charge in [-0.15, -0.1) is 0 Å². The number of methoxy groups -OCH3 is 1. The molecule has 0 spiro atoms. The summed E-state index contributed by atoms with van der Waals surface area (Å²) in [5, 5.41) is 3.39. The van der Waals surface area contributed by atoms with Gasteiger partial charge in [0.25, 0.3) is 0 Å². The van der Waals surface area contributed by atoms with Crippen molar-refractivity contribution in [3.8, 4) is 5.75 Å². The van der Waals surface area contributed by atoms with E-state index in [-0.39, 0.29) is 23.8 Å². The van der Waals surface area contributed by atoms with E-state index in [4.69, 9.17) is 4.74 Å². The molecular weight excluding hydrogens is 318 g/mol. The number of hydrogen-bond acceptors (Lipinski definition) is 4. The molecule has 2 fully saturated rings. The predicted molar refractivity (Wildman–Crippen MR) is 95.3 cm³/mol. The second-order valence-electron chi connectivity index (χ2n) is 6.77. The third kappa shape index (κ3) is 3.79. The maximum Gasteiger partial charge on any atom is 0.226 e. The van der Waals surface area contributed by atoms with Crippen molar-refractivity contribution < 1.29 is 14.3 Å². The Morgan fingerprint density at radius 3 is 2.56 bits per heavy atom. The average molecular weight is 345 g/mol. The number of rotatable bonds is 3. The molecule has 0 unspecified atom stereocenters. The summed E-state index contributed by atoms with van der Waals surface area (Å²) >= 11 is 0. The highest BCUT2D eigenvalue weighted by atomic mass is 16.5. The molecular formula is C19H27N3O3. The molecule has 2 saturated heterocycles. The first-order valence-corrected chi connectivity index (χ1v) is 9.01. The number of piperidine rings is 1. The fraction of sp³-hybridized carbons (Fsp3) is 0.579. The number of piperazine rings is 1. The number of nitrogens with one attached hydrogen (secondary N) is 1. The minimum atomic E-state index is -0.0109. The van der Waals surface area contributed by atoms with Crippen LogP contribution in [0.3, 0.4) is 0 Å². The van der Waals surface area contributed by atoms with Crippen LogP contribution in [0.4, 0.5) is 0 Å². The summed E-state index contributed by atoms with van der Waals surface area (Å²) in [5.74, 6) is 1.13. The van der Waals surface area contributed by atoms with Gasteiger partial charge in [-0.1, -0.05) is 18.2 Å². The second kappa shape index (κ2) is 7.87. The molecule has 0 bridgehead atoms. The Hall–Kier alpha value is -2.08. The lowest BCUT2D eigenvalue weighted by atomic mass is 9.93. The van der Waals surface area contributed by atoms with Gasteiger partial charge >= 0.3 is 0 Å². The van der Waals surface area contributed by atoms with E-state index in [9.17, 15) is 9.59 Å². The minimum Gasteiger partial charge on any atom is -0.496 e. The van der Waals surface area contributed by atoms with Crippen LogP contribution in [-0.4, -0.2) is 61.4 Å². The molecule has 0 radical (unpaired) electrons. The molecule has 0 aromatic heterocycles. The first-order chi connectivity index (χ1) is 12.1. The van der Waals surface area contributed by atoms with Gasteiger partial charge < -0.3 is 19.9 Å². The molecule has 3 rings (SSSR count). The lowest BCUT2D eigenvalue weighted by Crippen LogP contribution is -2.52. The molecule has 2 aliphatic rings. The van der Waals surface area contributed by atoms with E-state index in [1.165, 1.54) is 0 Å². The zero-order chi connectivity index (χ0) is 17.8. The van der Waals surface area contributed by atoms with Crippen molar-refractivity contribution in [2.45, 2.75) is 25.8 Å². The zero-order valence-electron chi connectivity index (χ0n) is 15.0. The van der Waals surface area contributed by atoms with E-state index >= 15 is 0 Å². The third-order valence-electron chi connectivity index (χ3n) is 5.31. The lowest BCUT2D eigenvalue weighted by molar-refractivity contribution is -0.142. The number of ether oxygens (including phenoxy) is 1. The van der Waals surface area contributed by atoms with Crippen molar-refractivity contribution in [2.75, 3.05) is 39.8 Å². The van der Waals surface area contributed by atoms with Gasteiger partial charge in [-0.2, -0.15) is 0 Å². The summed E-state index contributed by atoms with van der Waals surface area (Å²) in [6, 6.07) is 7.90. The standard InChI is InChI=1S/C19H27N3O3/c1-14(23)21-10-7-15(8-11-21)19(24)22-12-9-20-13-17(22)16-5-3-4-6-18(16)25-2/h3-6,15,17,20H,7-13H2,1-2H3/t17-/m1/s1. The number of carbonyl (C=O) groups is 2. The fourth-order valence-electron chi connectivity index (χ4n) is 3.86. The van der Waals surface area contributed by atoms with Crippen molar-refractivity contribution in [3.05, 3.63) is 29.8 Å². The summed E-state index contributed by atoms with van der Waals surface area (Å²) in [7, 11) is 1.67. The molecule has 0 aliphatic carbocycles. The minimum absolute atomic E-state index is 0.00547. The van der Waals surface area contributed by atoms with E-state index in [1.54, 1.807) is 14.0 Å². The molecule has 1 aromatic rings. The molecule has 136 valence electrons. The zero-order valence-corrected chi connectivity index (χ0v) is 15.0. The summed E-state index contributed by atoms with van der Waals surface area (Å²) in [5.41, 5.74) is 1.05. The Kier molecular flexibility index (Phi) is 5.58. The Balaban J connectivity index is 1.75. The Labute approximate surface area is 149 Å². The molecule has 6 heteroatoms. The number of amides is 2. The van der Waals surface area contributed by atoms with E-state index < -0.39 is 0 Å². The van der Waals surface area contributed by atoms with E-state index in [2.05, 4.69) is 5.32 Å². The maximum absolute atomic E-state index is 13.2. The van der Waals surface area contributed by atoms with Gasteiger partial charge in [0.2, 0.25) is 11.8 Å². The Morgan fingerprint density at radius 2 is 1.88 bits per heavy atom. The van der Waals surface area contributed by atoms with Crippen LogP contribution in [0.15, 0.2) is 24.3 Å². The van der Waals surface area contributed by atoms with Crippen molar-refractivity contribution in [1.29, 1.82) is 0 Å². The fourth-order valence-corrected chi connectivity index (χ4v) is 3.86. The number of likely N-dealkylation sites (tertiary alicyclic amines) is 1. The molecule has 1 N–H and O–H groups in total. The summed E-state index contributed by atoms with van der Waals surface area (Å²) in [6.07, 6.45) is 1.50. The van der Waals surface area contributed by atoms with Crippen LogP contribution in [0.1, 0.15) is 31.4 Å². The summed E-state index contributed by atoms with van der Waals surface area (Å²) < 4.78 is 5.50. The SMILES string of the molecule is COc1ccccc1[C@H]1CNCCN1C(=O)C1CCN(C(C)=O)CC1. The topological polar surface area (TPSA) is 61.9 Å². The highest BCUT2D eigenvalue weighted by molar-refractivity contribution is 5.80. The molecule has 25 heavy (non-hydrogen) atoms. The molecule has 2 aliphatic heterocycles. The van der Waals surface area contributed by atoms with Gasteiger partial charge in [-0.3, -0.25) is 9.59 Å². The van der Waals surface area contributed by atoms with Crippen LogP contribution in [0, 0.1) is 5.92 Å². The Bertz CT molecular complexity index is 626. The van der Waals surface area contributed by atoms with Crippen LogP contribution in [-0.2, 0) is 9.59 Å². The number of carbonyl (C=O) groups excluding carboxylic acids is 2. The number of benzene rings is 1. The largest absolute Gasteiger partial charge is 0.496 e. The molecule has 6 nitrogen and oxygen atoms in total. The van der Waals surface area contributed by atoms with Crippen molar-refractivity contribution in [1.82, 2.24) is 15.1 Å². The van der Waals surface area contributed by atoms with Crippen molar-refractivity contribution >= 4 is 11.8 Å².